The number of fused-ring (bicyclic) bond motifs is 2. The van der Waals surface area contributed by atoms with Crippen molar-refractivity contribution in [3.63, 3.8) is 0 Å². The predicted octanol–water partition coefficient (Wildman–Crippen LogP) is 3.35. The van der Waals surface area contributed by atoms with E-state index in [1.807, 2.05) is 30.3 Å². The van der Waals surface area contributed by atoms with Crippen LogP contribution in [0.15, 0.2) is 53.1 Å². The summed E-state index contributed by atoms with van der Waals surface area (Å²) in [6, 6.07) is 12.1. The minimum Gasteiger partial charge on any atom is -0.461 e. The molecule has 26 heavy (non-hydrogen) atoms. The van der Waals surface area contributed by atoms with Gasteiger partial charge in [0, 0.05) is 6.42 Å². The zero-order valence-electron chi connectivity index (χ0n) is 14.6. The number of nitrogens with one attached hydrogen (secondary N) is 1. The Morgan fingerprint density at radius 1 is 1.12 bits per heavy atom. The molecule has 1 aromatic heterocycles. The maximum atomic E-state index is 12.8. The predicted molar refractivity (Wildman–Crippen MR) is 95.4 cm³/mol. The summed E-state index contributed by atoms with van der Waals surface area (Å²) in [5.41, 5.74) is 0.974. The smallest absolute Gasteiger partial charge is 0.329 e. The van der Waals surface area contributed by atoms with Crippen LogP contribution in [-0.2, 0) is 16.0 Å². The topological polar surface area (TPSA) is 68.5 Å². The first-order valence-electron chi connectivity index (χ1n) is 9.28. The molecule has 2 aliphatic rings. The van der Waals surface area contributed by atoms with Crippen LogP contribution in [0.2, 0.25) is 0 Å². The van der Waals surface area contributed by atoms with Crippen molar-refractivity contribution in [3.8, 4) is 0 Å². The quantitative estimate of drug-likeness (QED) is 0.809. The molecule has 0 saturated heterocycles. The second-order valence-corrected chi connectivity index (χ2v) is 7.34. The third-order valence-corrected chi connectivity index (χ3v) is 5.56. The Labute approximate surface area is 152 Å². The fraction of sp³-hybridized carbons (Fsp3) is 0.429. The number of carbonyl (C=O) groups excluding carboxylic acids is 2. The highest BCUT2D eigenvalue weighted by Gasteiger charge is 2.42. The molecule has 0 spiro atoms. The first kappa shape index (κ1) is 16.9. The number of esters is 1. The van der Waals surface area contributed by atoms with Gasteiger partial charge in [0.25, 0.3) is 5.91 Å². The molecule has 1 heterocycles. The number of hydrogen-bond donors (Lipinski definition) is 1. The Morgan fingerprint density at radius 2 is 1.96 bits per heavy atom. The number of amides is 1. The molecule has 2 fully saturated rings. The zero-order valence-corrected chi connectivity index (χ0v) is 14.6. The molecule has 0 aliphatic heterocycles. The lowest BCUT2D eigenvalue weighted by molar-refractivity contribution is -0.153. The second kappa shape index (κ2) is 7.36. The Bertz CT molecular complexity index is 756. The summed E-state index contributed by atoms with van der Waals surface area (Å²) in [6.07, 6.45) is 6.36. The van der Waals surface area contributed by atoms with Gasteiger partial charge in [-0.25, -0.2) is 4.79 Å². The highest BCUT2D eigenvalue weighted by Crippen LogP contribution is 2.45. The van der Waals surface area contributed by atoms with E-state index in [-0.39, 0.29) is 17.8 Å². The lowest BCUT2D eigenvalue weighted by Gasteiger charge is -2.25. The van der Waals surface area contributed by atoms with Crippen molar-refractivity contribution in [3.05, 3.63) is 60.1 Å². The lowest BCUT2D eigenvalue weighted by atomic mass is 9.97. The second-order valence-electron chi connectivity index (χ2n) is 7.34. The summed E-state index contributed by atoms with van der Waals surface area (Å²) in [4.78, 5) is 25.2. The van der Waals surface area contributed by atoms with Gasteiger partial charge in [-0.2, -0.15) is 0 Å². The van der Waals surface area contributed by atoms with E-state index in [1.54, 1.807) is 12.1 Å². The minimum absolute atomic E-state index is 0.0000354. The summed E-state index contributed by atoms with van der Waals surface area (Å²) in [6.45, 7) is 0. The Hall–Kier alpha value is -2.56. The molecule has 5 heteroatoms. The fourth-order valence-corrected chi connectivity index (χ4v) is 4.24. The standard InChI is InChI=1S/C21H23NO4/c23-20(18-7-4-10-25-18)22-17(12-14-5-2-1-3-6-14)21(24)26-19-13-15-8-9-16(19)11-15/h1-7,10,15-17,19H,8-9,11-13H2,(H,22,23)/t15-,16-,17-,19-/m0/s1. The van der Waals surface area contributed by atoms with Gasteiger partial charge in [-0.15, -0.1) is 0 Å². The largest absolute Gasteiger partial charge is 0.461 e. The van der Waals surface area contributed by atoms with E-state index in [1.165, 1.54) is 19.1 Å². The molecule has 136 valence electrons. The van der Waals surface area contributed by atoms with E-state index in [2.05, 4.69) is 5.32 Å². The lowest BCUT2D eigenvalue weighted by Crippen LogP contribution is -2.45. The van der Waals surface area contributed by atoms with E-state index in [0.29, 0.717) is 18.3 Å². The first-order chi connectivity index (χ1) is 12.7. The van der Waals surface area contributed by atoms with Gasteiger partial charge in [0.05, 0.1) is 6.26 Å². The Balaban J connectivity index is 1.45. The number of ether oxygens (including phenoxy) is 1. The van der Waals surface area contributed by atoms with Gasteiger partial charge in [-0.1, -0.05) is 30.3 Å². The summed E-state index contributed by atoms with van der Waals surface area (Å²) >= 11 is 0. The van der Waals surface area contributed by atoms with E-state index >= 15 is 0 Å². The van der Waals surface area contributed by atoms with Gasteiger partial charge in [0.15, 0.2) is 5.76 Å². The summed E-state index contributed by atoms with van der Waals surface area (Å²) in [5.74, 6) is 0.619. The van der Waals surface area contributed by atoms with E-state index in [4.69, 9.17) is 9.15 Å². The van der Waals surface area contributed by atoms with Gasteiger partial charge in [0.1, 0.15) is 12.1 Å². The van der Waals surface area contributed by atoms with Crippen molar-refractivity contribution < 1.29 is 18.7 Å². The summed E-state index contributed by atoms with van der Waals surface area (Å²) in [5, 5.41) is 2.78. The Kier molecular flexibility index (Phi) is 4.78. The number of hydrogen-bond acceptors (Lipinski definition) is 4. The molecule has 4 rings (SSSR count). The van der Waals surface area contributed by atoms with Crippen LogP contribution in [0.4, 0.5) is 0 Å². The van der Waals surface area contributed by atoms with Crippen LogP contribution in [0.5, 0.6) is 0 Å². The molecule has 1 aromatic carbocycles. The third kappa shape index (κ3) is 3.66. The summed E-state index contributed by atoms with van der Waals surface area (Å²) < 4.78 is 10.9. The van der Waals surface area contributed by atoms with Crippen LogP contribution < -0.4 is 5.32 Å². The van der Waals surface area contributed by atoms with Crippen molar-refractivity contribution in [2.24, 2.45) is 11.8 Å². The number of carbonyl (C=O) groups is 2. The maximum Gasteiger partial charge on any atom is 0.329 e. The van der Waals surface area contributed by atoms with Crippen molar-refractivity contribution in [2.75, 3.05) is 0 Å². The fourth-order valence-electron chi connectivity index (χ4n) is 4.24. The molecule has 2 aromatic rings. The molecule has 2 saturated carbocycles. The zero-order chi connectivity index (χ0) is 17.9. The molecule has 2 aliphatic carbocycles. The van der Waals surface area contributed by atoms with Crippen LogP contribution in [0.3, 0.4) is 0 Å². The van der Waals surface area contributed by atoms with Crippen molar-refractivity contribution in [1.29, 1.82) is 0 Å². The van der Waals surface area contributed by atoms with E-state index in [0.717, 1.165) is 18.4 Å². The average Bonchev–Trinajstić information content (AvgIpc) is 3.40. The van der Waals surface area contributed by atoms with Crippen LogP contribution in [-0.4, -0.2) is 24.0 Å². The molecular formula is C21H23NO4. The van der Waals surface area contributed by atoms with Gasteiger partial charge < -0.3 is 14.5 Å². The molecule has 2 bridgehead atoms. The normalized spacial score (nSPS) is 25.0. The average molecular weight is 353 g/mol. The van der Waals surface area contributed by atoms with Gasteiger partial charge in [-0.3, -0.25) is 4.79 Å². The number of benzene rings is 1. The van der Waals surface area contributed by atoms with Gasteiger partial charge in [0.2, 0.25) is 0 Å². The Morgan fingerprint density at radius 3 is 2.62 bits per heavy atom. The third-order valence-electron chi connectivity index (χ3n) is 5.56. The van der Waals surface area contributed by atoms with E-state index < -0.39 is 11.9 Å². The van der Waals surface area contributed by atoms with Crippen LogP contribution in [0, 0.1) is 11.8 Å². The molecule has 4 atom stereocenters. The van der Waals surface area contributed by atoms with Crippen LogP contribution in [0.1, 0.15) is 41.8 Å². The molecule has 0 radical (unpaired) electrons. The van der Waals surface area contributed by atoms with Crippen molar-refractivity contribution in [2.45, 2.75) is 44.2 Å². The first-order valence-corrected chi connectivity index (χ1v) is 9.28. The molecule has 0 unspecified atom stereocenters. The molecular weight excluding hydrogens is 330 g/mol. The highest BCUT2D eigenvalue weighted by atomic mass is 16.5. The van der Waals surface area contributed by atoms with Crippen molar-refractivity contribution in [1.82, 2.24) is 5.32 Å². The molecule has 1 amide bonds. The van der Waals surface area contributed by atoms with Gasteiger partial charge in [-0.05, 0) is 55.2 Å². The van der Waals surface area contributed by atoms with Crippen LogP contribution in [0.25, 0.3) is 0 Å². The van der Waals surface area contributed by atoms with Crippen molar-refractivity contribution >= 4 is 11.9 Å². The number of rotatable bonds is 6. The minimum atomic E-state index is -0.728. The molecule has 1 N–H and O–H groups in total. The highest BCUT2D eigenvalue weighted by molar-refractivity contribution is 5.94. The van der Waals surface area contributed by atoms with Gasteiger partial charge >= 0.3 is 5.97 Å². The summed E-state index contributed by atoms with van der Waals surface area (Å²) in [7, 11) is 0. The van der Waals surface area contributed by atoms with E-state index in [9.17, 15) is 9.59 Å². The van der Waals surface area contributed by atoms with Crippen LogP contribution >= 0.6 is 0 Å². The number of furan rings is 1. The monoisotopic (exact) mass is 353 g/mol. The molecule has 5 nitrogen and oxygen atoms in total. The SMILES string of the molecule is O=C(N[C@@H](Cc1ccccc1)C(=O)O[C@H]1C[C@H]2CC[C@H]1C2)c1ccco1. The maximum absolute atomic E-state index is 12.8.